The monoisotopic (exact) mass is 373 g/mol. The molecule has 4 rings (SSSR count). The molecule has 2 aromatic carbocycles. The Hall–Kier alpha value is -3.74. The van der Waals surface area contributed by atoms with E-state index in [4.69, 9.17) is 16.2 Å². The van der Waals surface area contributed by atoms with E-state index in [1.54, 1.807) is 42.5 Å². The van der Waals surface area contributed by atoms with E-state index >= 15 is 0 Å². The van der Waals surface area contributed by atoms with E-state index in [-0.39, 0.29) is 5.82 Å². The maximum Gasteiger partial charge on any atom is 0.343 e. The molecule has 0 saturated heterocycles. The number of anilines is 2. The first-order valence-electron chi connectivity index (χ1n) is 8.97. The lowest BCUT2D eigenvalue weighted by atomic mass is 10.1. The normalized spacial score (nSPS) is 12.9. The van der Waals surface area contributed by atoms with E-state index in [0.29, 0.717) is 28.5 Å². The van der Waals surface area contributed by atoms with Crippen LogP contribution in [0.4, 0.5) is 23.0 Å². The summed E-state index contributed by atoms with van der Waals surface area (Å²) in [5, 5.41) is 8.25. The van der Waals surface area contributed by atoms with Gasteiger partial charge in [-0.25, -0.2) is 9.78 Å². The molecule has 3 aromatic rings. The Kier molecular flexibility index (Phi) is 4.72. The molecule has 0 bridgehead atoms. The SMILES string of the molecule is Nc1ccc(N=Nc2ccccc2OC(=O)c2ccc3c(c2)CCC3)c(N)n1. The summed E-state index contributed by atoms with van der Waals surface area (Å²) in [6.07, 6.45) is 3.19. The van der Waals surface area contributed by atoms with Crippen molar-refractivity contribution in [3.05, 3.63) is 71.3 Å². The molecule has 1 aromatic heterocycles. The summed E-state index contributed by atoms with van der Waals surface area (Å²) in [6, 6.07) is 15.9. The van der Waals surface area contributed by atoms with Gasteiger partial charge in [0.15, 0.2) is 11.6 Å². The maximum atomic E-state index is 12.6. The van der Waals surface area contributed by atoms with Crippen molar-refractivity contribution < 1.29 is 9.53 Å². The second-order valence-corrected chi connectivity index (χ2v) is 6.53. The minimum absolute atomic E-state index is 0.177. The fourth-order valence-electron chi connectivity index (χ4n) is 3.16. The molecule has 7 heteroatoms. The van der Waals surface area contributed by atoms with Crippen LogP contribution in [0, 0.1) is 0 Å². The number of benzene rings is 2. The molecule has 140 valence electrons. The molecule has 1 aliphatic rings. The van der Waals surface area contributed by atoms with Gasteiger partial charge in [-0.05, 0) is 66.8 Å². The fourth-order valence-corrected chi connectivity index (χ4v) is 3.16. The molecule has 0 fully saturated rings. The highest BCUT2D eigenvalue weighted by molar-refractivity contribution is 5.92. The van der Waals surface area contributed by atoms with Crippen LogP contribution >= 0.6 is 0 Å². The summed E-state index contributed by atoms with van der Waals surface area (Å²) in [4.78, 5) is 16.5. The first kappa shape index (κ1) is 17.7. The Morgan fingerprint density at radius 3 is 2.57 bits per heavy atom. The van der Waals surface area contributed by atoms with Crippen molar-refractivity contribution in [3.8, 4) is 5.75 Å². The number of rotatable bonds is 4. The van der Waals surface area contributed by atoms with E-state index in [0.717, 1.165) is 19.3 Å². The number of para-hydroxylation sites is 1. The number of pyridine rings is 1. The predicted octanol–water partition coefficient (Wildman–Crippen LogP) is 4.37. The van der Waals surface area contributed by atoms with Crippen molar-refractivity contribution in [1.29, 1.82) is 0 Å². The number of carbonyl (C=O) groups is 1. The predicted molar refractivity (Wildman–Crippen MR) is 107 cm³/mol. The van der Waals surface area contributed by atoms with Gasteiger partial charge in [0.05, 0.1) is 5.56 Å². The van der Waals surface area contributed by atoms with Crippen LogP contribution < -0.4 is 16.2 Å². The lowest BCUT2D eigenvalue weighted by Gasteiger charge is -2.08. The molecule has 0 aliphatic heterocycles. The van der Waals surface area contributed by atoms with Crippen molar-refractivity contribution in [2.24, 2.45) is 10.2 Å². The van der Waals surface area contributed by atoms with Gasteiger partial charge in [0, 0.05) is 0 Å². The van der Waals surface area contributed by atoms with E-state index in [2.05, 4.69) is 15.2 Å². The summed E-state index contributed by atoms with van der Waals surface area (Å²) in [6.45, 7) is 0. The number of esters is 1. The van der Waals surface area contributed by atoms with Gasteiger partial charge in [-0.2, -0.15) is 0 Å². The number of carbonyl (C=O) groups excluding carboxylic acids is 1. The highest BCUT2D eigenvalue weighted by Gasteiger charge is 2.16. The second-order valence-electron chi connectivity index (χ2n) is 6.53. The van der Waals surface area contributed by atoms with Gasteiger partial charge < -0.3 is 16.2 Å². The third kappa shape index (κ3) is 3.68. The quantitative estimate of drug-likeness (QED) is 0.400. The Balaban J connectivity index is 1.56. The van der Waals surface area contributed by atoms with E-state index in [1.807, 2.05) is 12.1 Å². The first-order chi connectivity index (χ1) is 13.6. The zero-order valence-electron chi connectivity index (χ0n) is 15.1. The van der Waals surface area contributed by atoms with Gasteiger partial charge >= 0.3 is 5.97 Å². The minimum atomic E-state index is -0.425. The van der Waals surface area contributed by atoms with Gasteiger partial charge in [0.2, 0.25) is 0 Å². The van der Waals surface area contributed by atoms with Crippen LogP contribution in [-0.2, 0) is 12.8 Å². The number of hydrogen-bond acceptors (Lipinski definition) is 7. The van der Waals surface area contributed by atoms with Crippen LogP contribution in [0.3, 0.4) is 0 Å². The summed E-state index contributed by atoms with van der Waals surface area (Å²) < 4.78 is 5.57. The Morgan fingerprint density at radius 1 is 0.929 bits per heavy atom. The average Bonchev–Trinajstić information content (AvgIpc) is 3.16. The highest BCUT2D eigenvalue weighted by Crippen LogP contribution is 2.31. The number of fused-ring (bicyclic) bond motifs is 1. The lowest BCUT2D eigenvalue weighted by molar-refractivity contribution is 0.0735. The number of nitrogens with zero attached hydrogens (tertiary/aromatic N) is 3. The molecule has 0 unspecified atom stereocenters. The molecule has 0 atom stereocenters. The number of aryl methyl sites for hydroxylation is 2. The van der Waals surface area contributed by atoms with Crippen LogP contribution in [0.25, 0.3) is 0 Å². The van der Waals surface area contributed by atoms with Gasteiger partial charge in [0.25, 0.3) is 0 Å². The number of nitrogen functional groups attached to an aromatic ring is 2. The van der Waals surface area contributed by atoms with Crippen LogP contribution in [0.15, 0.2) is 64.8 Å². The van der Waals surface area contributed by atoms with Gasteiger partial charge in [-0.3, -0.25) is 0 Å². The summed E-state index contributed by atoms with van der Waals surface area (Å²) in [5.74, 6) is 0.376. The van der Waals surface area contributed by atoms with E-state index < -0.39 is 5.97 Å². The summed E-state index contributed by atoms with van der Waals surface area (Å²) in [5.41, 5.74) is 15.2. The smallest absolute Gasteiger partial charge is 0.343 e. The van der Waals surface area contributed by atoms with Crippen LogP contribution in [-0.4, -0.2) is 11.0 Å². The molecule has 0 radical (unpaired) electrons. The van der Waals surface area contributed by atoms with Crippen molar-refractivity contribution in [2.45, 2.75) is 19.3 Å². The number of ether oxygens (including phenoxy) is 1. The van der Waals surface area contributed by atoms with Crippen molar-refractivity contribution >= 4 is 29.0 Å². The Morgan fingerprint density at radius 2 is 1.71 bits per heavy atom. The first-order valence-corrected chi connectivity index (χ1v) is 8.97. The molecule has 4 N–H and O–H groups in total. The largest absolute Gasteiger partial charge is 0.421 e. The zero-order valence-corrected chi connectivity index (χ0v) is 15.1. The Bertz CT molecular complexity index is 1080. The molecule has 28 heavy (non-hydrogen) atoms. The van der Waals surface area contributed by atoms with Crippen molar-refractivity contribution in [1.82, 2.24) is 4.98 Å². The van der Waals surface area contributed by atoms with Crippen LogP contribution in [0.5, 0.6) is 5.75 Å². The van der Waals surface area contributed by atoms with E-state index in [9.17, 15) is 4.79 Å². The number of aromatic nitrogens is 1. The highest BCUT2D eigenvalue weighted by atomic mass is 16.5. The topological polar surface area (TPSA) is 116 Å². The van der Waals surface area contributed by atoms with Crippen LogP contribution in [0.2, 0.25) is 0 Å². The number of azo groups is 1. The molecule has 0 spiro atoms. The van der Waals surface area contributed by atoms with Gasteiger partial charge in [-0.1, -0.05) is 18.2 Å². The van der Waals surface area contributed by atoms with E-state index in [1.165, 1.54) is 11.1 Å². The van der Waals surface area contributed by atoms with Gasteiger partial charge in [0.1, 0.15) is 17.2 Å². The fraction of sp³-hybridized carbons (Fsp3) is 0.143. The second kappa shape index (κ2) is 7.48. The third-order valence-electron chi connectivity index (χ3n) is 4.59. The van der Waals surface area contributed by atoms with Crippen molar-refractivity contribution in [2.75, 3.05) is 11.5 Å². The minimum Gasteiger partial charge on any atom is -0.421 e. The summed E-state index contributed by atoms with van der Waals surface area (Å²) >= 11 is 0. The maximum absolute atomic E-state index is 12.6. The number of hydrogen-bond donors (Lipinski definition) is 2. The third-order valence-corrected chi connectivity index (χ3v) is 4.59. The molecular formula is C21H19N5O2. The molecular weight excluding hydrogens is 354 g/mol. The zero-order chi connectivity index (χ0) is 19.5. The van der Waals surface area contributed by atoms with Crippen molar-refractivity contribution in [3.63, 3.8) is 0 Å². The standard InChI is InChI=1S/C21H19N5O2/c22-19-11-10-17(20(23)24-19)26-25-16-6-1-2-7-18(16)28-21(27)15-9-8-13-4-3-5-14(13)12-15/h1-2,6-12H,3-5H2,(H4,22,23,24). The lowest BCUT2D eigenvalue weighted by Crippen LogP contribution is -2.09. The molecule has 1 aliphatic carbocycles. The molecule has 0 amide bonds. The molecule has 0 saturated carbocycles. The molecule has 1 heterocycles. The van der Waals surface area contributed by atoms with Crippen LogP contribution in [0.1, 0.15) is 27.9 Å². The summed E-state index contributed by atoms with van der Waals surface area (Å²) in [7, 11) is 0. The Labute approximate surface area is 162 Å². The molecule has 7 nitrogen and oxygen atoms in total. The number of nitrogens with two attached hydrogens (primary N) is 2. The average molecular weight is 373 g/mol. The van der Waals surface area contributed by atoms with Gasteiger partial charge in [-0.15, -0.1) is 10.2 Å².